The first-order valence-electron chi connectivity index (χ1n) is 9.34. The average molecular weight is 365 g/mol. The molecule has 0 bridgehead atoms. The maximum atomic E-state index is 12.7. The van der Waals surface area contributed by atoms with E-state index in [1.165, 1.54) is 0 Å². The molecule has 7 heteroatoms. The quantitative estimate of drug-likeness (QED) is 0.695. The second-order valence-electron chi connectivity index (χ2n) is 7.06. The molecule has 4 rings (SSSR count). The molecule has 3 aromatic heterocycles. The van der Waals surface area contributed by atoms with Crippen molar-refractivity contribution in [1.82, 2.24) is 24.6 Å². The molecule has 0 N–H and O–H groups in total. The average Bonchev–Trinajstić information content (AvgIpc) is 3.36. The summed E-state index contributed by atoms with van der Waals surface area (Å²) < 4.78 is 7.22. The van der Waals surface area contributed by atoms with Crippen molar-refractivity contribution in [3.05, 3.63) is 54.4 Å². The Balaban J connectivity index is 1.34. The van der Waals surface area contributed by atoms with Crippen molar-refractivity contribution in [3.63, 3.8) is 0 Å². The number of piperidine rings is 1. The number of hydrogen-bond acceptors (Lipinski definition) is 5. The van der Waals surface area contributed by atoms with Crippen molar-refractivity contribution in [3.8, 4) is 11.5 Å². The summed E-state index contributed by atoms with van der Waals surface area (Å²) in [5, 5.41) is 4.09. The van der Waals surface area contributed by atoms with Crippen LogP contribution < -0.4 is 0 Å². The van der Waals surface area contributed by atoms with E-state index in [0.29, 0.717) is 17.6 Å². The van der Waals surface area contributed by atoms with Crippen LogP contribution in [0.3, 0.4) is 0 Å². The summed E-state index contributed by atoms with van der Waals surface area (Å²) in [6, 6.07) is 7.54. The number of rotatable bonds is 5. The first-order valence-corrected chi connectivity index (χ1v) is 9.34. The van der Waals surface area contributed by atoms with E-state index in [2.05, 4.69) is 15.1 Å². The number of nitrogens with zero attached hydrogens (tertiary/aromatic N) is 5. The van der Waals surface area contributed by atoms with Crippen LogP contribution in [0.25, 0.3) is 11.5 Å². The fourth-order valence-electron chi connectivity index (χ4n) is 3.63. The van der Waals surface area contributed by atoms with Crippen LogP contribution >= 0.6 is 0 Å². The number of aromatic nitrogens is 4. The SMILES string of the molecule is Cn1cccc1C(=O)N1CCCC(CCc2noc(-c3cccnc3)n2)C1. The minimum Gasteiger partial charge on any atom is -0.347 e. The summed E-state index contributed by atoms with van der Waals surface area (Å²) in [4.78, 5) is 23.2. The van der Waals surface area contributed by atoms with E-state index in [1.807, 2.05) is 47.0 Å². The summed E-state index contributed by atoms with van der Waals surface area (Å²) in [6.45, 7) is 1.62. The molecule has 1 aliphatic rings. The molecule has 1 fully saturated rings. The zero-order valence-corrected chi connectivity index (χ0v) is 15.4. The first kappa shape index (κ1) is 17.5. The summed E-state index contributed by atoms with van der Waals surface area (Å²) in [5.74, 6) is 1.79. The molecule has 1 unspecified atom stereocenters. The summed E-state index contributed by atoms with van der Waals surface area (Å²) >= 11 is 0. The second kappa shape index (κ2) is 7.73. The maximum absolute atomic E-state index is 12.7. The molecular weight excluding hydrogens is 342 g/mol. The van der Waals surface area contributed by atoms with Gasteiger partial charge in [0.15, 0.2) is 5.82 Å². The van der Waals surface area contributed by atoms with E-state index >= 15 is 0 Å². The monoisotopic (exact) mass is 365 g/mol. The van der Waals surface area contributed by atoms with E-state index in [0.717, 1.165) is 50.0 Å². The summed E-state index contributed by atoms with van der Waals surface area (Å²) in [6.07, 6.45) is 9.20. The zero-order valence-electron chi connectivity index (χ0n) is 15.4. The number of aryl methyl sites for hydroxylation is 2. The minimum absolute atomic E-state index is 0.116. The highest BCUT2D eigenvalue weighted by molar-refractivity contribution is 5.92. The lowest BCUT2D eigenvalue weighted by molar-refractivity contribution is 0.0658. The van der Waals surface area contributed by atoms with Crippen LogP contribution in [-0.4, -0.2) is 43.6 Å². The van der Waals surface area contributed by atoms with E-state index in [9.17, 15) is 4.79 Å². The number of carbonyl (C=O) groups is 1. The molecule has 0 aliphatic carbocycles. The Hall–Kier alpha value is -2.96. The predicted octanol–water partition coefficient (Wildman–Crippen LogP) is 2.96. The van der Waals surface area contributed by atoms with Gasteiger partial charge in [-0.25, -0.2) is 0 Å². The van der Waals surface area contributed by atoms with Crippen LogP contribution in [-0.2, 0) is 13.5 Å². The van der Waals surface area contributed by atoms with E-state index in [-0.39, 0.29) is 5.91 Å². The van der Waals surface area contributed by atoms with Gasteiger partial charge in [0.1, 0.15) is 5.69 Å². The van der Waals surface area contributed by atoms with Crippen LogP contribution in [0.5, 0.6) is 0 Å². The van der Waals surface area contributed by atoms with Gasteiger partial charge in [0, 0.05) is 45.1 Å². The Labute approximate surface area is 158 Å². The Morgan fingerprint density at radius 3 is 3.04 bits per heavy atom. The van der Waals surface area contributed by atoms with Crippen molar-refractivity contribution in [1.29, 1.82) is 0 Å². The molecule has 7 nitrogen and oxygen atoms in total. The Kier molecular flexibility index (Phi) is 5.00. The molecule has 4 heterocycles. The molecular formula is C20H23N5O2. The standard InChI is InChI=1S/C20H23N5O2/c1-24-11-4-7-17(24)20(26)25-12-3-5-15(14-25)8-9-18-22-19(27-23-18)16-6-2-10-21-13-16/h2,4,6-7,10-11,13,15H,3,5,8-9,12,14H2,1H3. The number of carbonyl (C=O) groups excluding carboxylic acids is 1. The summed E-state index contributed by atoms with van der Waals surface area (Å²) in [5.41, 5.74) is 1.57. The lowest BCUT2D eigenvalue weighted by Crippen LogP contribution is -2.40. The third kappa shape index (κ3) is 3.92. The van der Waals surface area contributed by atoms with Gasteiger partial charge in [-0.1, -0.05) is 5.16 Å². The smallest absolute Gasteiger partial charge is 0.270 e. The lowest BCUT2D eigenvalue weighted by Gasteiger charge is -2.32. The molecule has 1 atom stereocenters. The molecule has 0 radical (unpaired) electrons. The maximum Gasteiger partial charge on any atom is 0.270 e. The van der Waals surface area contributed by atoms with Gasteiger partial charge in [0.2, 0.25) is 0 Å². The van der Waals surface area contributed by atoms with Gasteiger partial charge in [-0.05, 0) is 49.4 Å². The van der Waals surface area contributed by atoms with E-state index < -0.39 is 0 Å². The van der Waals surface area contributed by atoms with Gasteiger partial charge >= 0.3 is 0 Å². The number of pyridine rings is 1. The molecule has 0 aromatic carbocycles. The highest BCUT2D eigenvalue weighted by Crippen LogP contribution is 2.23. The van der Waals surface area contributed by atoms with Gasteiger partial charge in [-0.15, -0.1) is 0 Å². The molecule has 27 heavy (non-hydrogen) atoms. The van der Waals surface area contributed by atoms with Gasteiger partial charge in [0.25, 0.3) is 11.8 Å². The van der Waals surface area contributed by atoms with Crippen molar-refractivity contribution in [2.45, 2.75) is 25.7 Å². The Bertz CT molecular complexity index is 902. The normalized spacial score (nSPS) is 17.2. The van der Waals surface area contributed by atoms with Crippen LogP contribution in [0.1, 0.15) is 35.6 Å². The molecule has 1 saturated heterocycles. The van der Waals surface area contributed by atoms with Crippen LogP contribution in [0, 0.1) is 5.92 Å². The Morgan fingerprint density at radius 1 is 1.33 bits per heavy atom. The lowest BCUT2D eigenvalue weighted by atomic mass is 9.93. The second-order valence-corrected chi connectivity index (χ2v) is 7.06. The number of amides is 1. The Morgan fingerprint density at radius 2 is 2.26 bits per heavy atom. The summed E-state index contributed by atoms with van der Waals surface area (Å²) in [7, 11) is 1.91. The van der Waals surface area contributed by atoms with Crippen molar-refractivity contribution < 1.29 is 9.32 Å². The molecule has 1 aliphatic heterocycles. The third-order valence-electron chi connectivity index (χ3n) is 5.12. The highest BCUT2D eigenvalue weighted by Gasteiger charge is 2.25. The van der Waals surface area contributed by atoms with E-state index in [4.69, 9.17) is 4.52 Å². The topological polar surface area (TPSA) is 77.0 Å². The minimum atomic E-state index is 0.116. The number of likely N-dealkylation sites (tertiary alicyclic amines) is 1. The van der Waals surface area contributed by atoms with Crippen LogP contribution in [0.4, 0.5) is 0 Å². The predicted molar refractivity (Wildman–Crippen MR) is 99.9 cm³/mol. The van der Waals surface area contributed by atoms with E-state index in [1.54, 1.807) is 12.4 Å². The molecule has 0 saturated carbocycles. The molecule has 140 valence electrons. The van der Waals surface area contributed by atoms with Crippen molar-refractivity contribution in [2.75, 3.05) is 13.1 Å². The van der Waals surface area contributed by atoms with Crippen LogP contribution in [0.15, 0.2) is 47.4 Å². The van der Waals surface area contributed by atoms with Crippen molar-refractivity contribution in [2.24, 2.45) is 13.0 Å². The number of hydrogen-bond donors (Lipinski definition) is 0. The fourth-order valence-corrected chi connectivity index (χ4v) is 3.63. The molecule has 1 amide bonds. The zero-order chi connectivity index (χ0) is 18.6. The fraction of sp³-hybridized carbons (Fsp3) is 0.400. The van der Waals surface area contributed by atoms with Gasteiger partial charge in [-0.2, -0.15) is 4.98 Å². The molecule has 0 spiro atoms. The van der Waals surface area contributed by atoms with Crippen LogP contribution in [0.2, 0.25) is 0 Å². The highest BCUT2D eigenvalue weighted by atomic mass is 16.5. The molecule has 3 aromatic rings. The first-order chi connectivity index (χ1) is 13.2. The third-order valence-corrected chi connectivity index (χ3v) is 5.12. The van der Waals surface area contributed by atoms with Crippen molar-refractivity contribution >= 4 is 5.91 Å². The van der Waals surface area contributed by atoms with Gasteiger partial charge < -0.3 is 14.0 Å². The van der Waals surface area contributed by atoms with Gasteiger partial charge in [0.05, 0.1) is 5.56 Å². The van der Waals surface area contributed by atoms with Gasteiger partial charge in [-0.3, -0.25) is 9.78 Å². The largest absolute Gasteiger partial charge is 0.347 e.